The van der Waals surface area contributed by atoms with Crippen LogP contribution in [0.25, 0.3) is 0 Å². The van der Waals surface area contributed by atoms with Gasteiger partial charge in [0.25, 0.3) is 0 Å². The third kappa shape index (κ3) is 6.86. The van der Waals surface area contributed by atoms with Crippen molar-refractivity contribution in [2.45, 2.75) is 5.75 Å². The average molecular weight is 413 g/mol. The van der Waals surface area contributed by atoms with Crippen LogP contribution in [0.3, 0.4) is 0 Å². The second kappa shape index (κ2) is 10.7. The number of hydrogen-bond acceptors (Lipinski definition) is 6. The minimum atomic E-state index is -0.516. The number of methoxy groups -OCH3 is 1. The number of terminal acetylenes is 1. The zero-order valence-electron chi connectivity index (χ0n) is 15.6. The number of hydrogen-bond donors (Lipinski definition) is 2. The van der Waals surface area contributed by atoms with E-state index in [9.17, 15) is 19.7 Å². The molecule has 8 nitrogen and oxygen atoms in total. The Labute approximate surface area is 172 Å². The van der Waals surface area contributed by atoms with Gasteiger partial charge >= 0.3 is 5.69 Å². The van der Waals surface area contributed by atoms with Gasteiger partial charge in [-0.2, -0.15) is 0 Å². The van der Waals surface area contributed by atoms with Crippen LogP contribution in [0.5, 0.6) is 5.75 Å². The van der Waals surface area contributed by atoms with Gasteiger partial charge in [-0.05, 0) is 29.8 Å². The highest BCUT2D eigenvalue weighted by Gasteiger charge is 2.15. The van der Waals surface area contributed by atoms with Crippen molar-refractivity contribution in [2.24, 2.45) is 0 Å². The highest BCUT2D eigenvalue weighted by molar-refractivity contribution is 7.99. The molecule has 0 bridgehead atoms. The van der Waals surface area contributed by atoms with E-state index >= 15 is 0 Å². The molecule has 0 aromatic heterocycles. The molecule has 0 aliphatic heterocycles. The first-order valence-electron chi connectivity index (χ1n) is 8.45. The summed E-state index contributed by atoms with van der Waals surface area (Å²) in [6, 6.07) is 11.5. The number of benzene rings is 2. The molecule has 0 saturated carbocycles. The first-order chi connectivity index (χ1) is 13.9. The summed E-state index contributed by atoms with van der Waals surface area (Å²) in [5.74, 6) is 2.49. The molecule has 0 aliphatic carbocycles. The first kappa shape index (κ1) is 21.8. The summed E-state index contributed by atoms with van der Waals surface area (Å²) >= 11 is 1.28. The lowest BCUT2D eigenvalue weighted by Gasteiger charge is -2.08. The van der Waals surface area contributed by atoms with E-state index in [0.717, 1.165) is 0 Å². The van der Waals surface area contributed by atoms with Crippen LogP contribution >= 0.6 is 11.8 Å². The number of rotatable bonds is 9. The summed E-state index contributed by atoms with van der Waals surface area (Å²) in [6.07, 6.45) is 5.31. The van der Waals surface area contributed by atoms with Crippen LogP contribution in [0.15, 0.2) is 42.5 Å². The fourth-order valence-electron chi connectivity index (χ4n) is 2.35. The van der Waals surface area contributed by atoms with E-state index in [4.69, 9.17) is 11.2 Å². The molecular formula is C20H19N3O5S. The number of nitrogens with one attached hydrogen (secondary N) is 2. The highest BCUT2D eigenvalue weighted by atomic mass is 32.2. The second-order valence-electron chi connectivity index (χ2n) is 5.81. The Kier molecular flexibility index (Phi) is 8.06. The normalized spacial score (nSPS) is 9.93. The quantitative estimate of drug-likeness (QED) is 0.371. The highest BCUT2D eigenvalue weighted by Crippen LogP contribution is 2.28. The molecule has 29 heavy (non-hydrogen) atoms. The predicted octanol–water partition coefficient (Wildman–Crippen LogP) is 2.57. The zero-order valence-corrected chi connectivity index (χ0v) is 16.5. The monoisotopic (exact) mass is 413 g/mol. The van der Waals surface area contributed by atoms with E-state index in [1.165, 1.54) is 31.0 Å². The Morgan fingerprint density at radius 3 is 2.72 bits per heavy atom. The van der Waals surface area contributed by atoms with E-state index in [0.29, 0.717) is 22.6 Å². The number of nitro benzene ring substituents is 1. The maximum absolute atomic E-state index is 11.9. The molecule has 0 heterocycles. The summed E-state index contributed by atoms with van der Waals surface area (Å²) in [5, 5.41) is 16.2. The molecule has 2 amide bonds. The first-order valence-corrected chi connectivity index (χ1v) is 9.60. The lowest BCUT2D eigenvalue weighted by molar-refractivity contribution is -0.385. The number of anilines is 1. The Hall–Kier alpha value is -3.51. The van der Waals surface area contributed by atoms with Gasteiger partial charge < -0.3 is 15.4 Å². The molecule has 0 radical (unpaired) electrons. The number of nitro groups is 1. The van der Waals surface area contributed by atoms with E-state index in [1.54, 1.807) is 30.3 Å². The fourth-order valence-corrected chi connectivity index (χ4v) is 3.16. The molecule has 0 saturated heterocycles. The lowest BCUT2D eigenvalue weighted by atomic mass is 10.2. The number of amides is 2. The lowest BCUT2D eigenvalue weighted by Crippen LogP contribution is -2.33. The Morgan fingerprint density at radius 1 is 1.24 bits per heavy atom. The molecule has 2 rings (SSSR count). The zero-order chi connectivity index (χ0) is 21.2. The Bertz CT molecular complexity index is 955. The van der Waals surface area contributed by atoms with Crippen molar-refractivity contribution in [3.63, 3.8) is 0 Å². The van der Waals surface area contributed by atoms with Gasteiger partial charge in [0.15, 0.2) is 5.75 Å². The molecule has 2 aromatic rings. The van der Waals surface area contributed by atoms with Gasteiger partial charge in [-0.3, -0.25) is 19.7 Å². The average Bonchev–Trinajstić information content (AvgIpc) is 2.72. The summed E-state index contributed by atoms with van der Waals surface area (Å²) in [5.41, 5.74) is 1.76. The van der Waals surface area contributed by atoms with E-state index < -0.39 is 4.92 Å². The maximum atomic E-state index is 11.9. The summed E-state index contributed by atoms with van der Waals surface area (Å²) in [4.78, 5) is 34.3. The fraction of sp³-hybridized carbons (Fsp3) is 0.200. The molecule has 0 atom stereocenters. The summed E-state index contributed by atoms with van der Waals surface area (Å²) < 4.78 is 4.95. The third-order valence-electron chi connectivity index (χ3n) is 3.70. The smallest absolute Gasteiger partial charge is 0.311 e. The summed E-state index contributed by atoms with van der Waals surface area (Å²) in [7, 11) is 1.36. The van der Waals surface area contributed by atoms with Crippen LogP contribution in [0, 0.1) is 22.5 Å². The standard InChI is InChI=1S/C20H19N3O5S/c1-3-14-5-4-6-16(9-14)22-19(24)11-21-20(25)13-29-12-15-7-8-18(28-2)17(10-15)23(26)27/h1,4-10H,11-13H2,2H3,(H,21,25)(H,22,24). The van der Waals surface area contributed by atoms with Gasteiger partial charge in [0.05, 0.1) is 24.3 Å². The van der Waals surface area contributed by atoms with Crippen molar-refractivity contribution in [1.82, 2.24) is 5.32 Å². The van der Waals surface area contributed by atoms with Crippen LogP contribution in [0.2, 0.25) is 0 Å². The SMILES string of the molecule is C#Cc1cccc(NC(=O)CNC(=O)CSCc2ccc(OC)c([N+](=O)[O-])c2)c1. The molecule has 9 heteroatoms. The van der Waals surface area contributed by atoms with Crippen molar-refractivity contribution >= 4 is 35.0 Å². The second-order valence-corrected chi connectivity index (χ2v) is 6.79. The van der Waals surface area contributed by atoms with E-state index in [-0.39, 0.29) is 35.5 Å². The number of ether oxygens (including phenoxy) is 1. The largest absolute Gasteiger partial charge is 0.490 e. The third-order valence-corrected chi connectivity index (χ3v) is 4.70. The molecule has 0 aliphatic rings. The molecule has 2 aromatic carbocycles. The number of thioether (sulfide) groups is 1. The van der Waals surface area contributed by atoms with Crippen molar-refractivity contribution in [3.8, 4) is 18.1 Å². The molecule has 0 spiro atoms. The Morgan fingerprint density at radius 2 is 2.03 bits per heavy atom. The van der Waals surface area contributed by atoms with Crippen molar-refractivity contribution < 1.29 is 19.2 Å². The van der Waals surface area contributed by atoms with Gasteiger partial charge in [0.2, 0.25) is 11.8 Å². The van der Waals surface area contributed by atoms with Crippen molar-refractivity contribution in [3.05, 3.63) is 63.7 Å². The van der Waals surface area contributed by atoms with Gasteiger partial charge in [-0.25, -0.2) is 0 Å². The van der Waals surface area contributed by atoms with Gasteiger partial charge in [-0.1, -0.05) is 18.1 Å². The van der Waals surface area contributed by atoms with E-state index in [2.05, 4.69) is 16.6 Å². The van der Waals surface area contributed by atoms with Crippen LogP contribution in [-0.4, -0.2) is 36.1 Å². The predicted molar refractivity (Wildman–Crippen MR) is 112 cm³/mol. The number of nitrogens with zero attached hydrogens (tertiary/aromatic N) is 1. The van der Waals surface area contributed by atoms with Gasteiger partial charge in [0.1, 0.15) is 0 Å². The topological polar surface area (TPSA) is 111 Å². The van der Waals surface area contributed by atoms with Crippen LogP contribution in [0.4, 0.5) is 11.4 Å². The molecule has 150 valence electrons. The molecule has 2 N–H and O–H groups in total. The van der Waals surface area contributed by atoms with Crippen LogP contribution in [0.1, 0.15) is 11.1 Å². The van der Waals surface area contributed by atoms with Crippen molar-refractivity contribution in [1.29, 1.82) is 0 Å². The van der Waals surface area contributed by atoms with Gasteiger partial charge in [0, 0.05) is 23.1 Å². The Balaban J connectivity index is 1.76. The minimum absolute atomic E-state index is 0.111. The maximum Gasteiger partial charge on any atom is 0.311 e. The molecular weight excluding hydrogens is 394 g/mol. The number of carbonyl (C=O) groups excluding carboxylic acids is 2. The summed E-state index contributed by atoms with van der Waals surface area (Å²) in [6.45, 7) is -0.173. The molecule has 0 unspecified atom stereocenters. The van der Waals surface area contributed by atoms with Crippen LogP contribution < -0.4 is 15.4 Å². The van der Waals surface area contributed by atoms with E-state index in [1.807, 2.05) is 0 Å². The molecule has 0 fully saturated rings. The van der Waals surface area contributed by atoms with Gasteiger partial charge in [-0.15, -0.1) is 18.2 Å². The number of carbonyl (C=O) groups is 2. The van der Waals surface area contributed by atoms with Crippen molar-refractivity contribution in [2.75, 3.05) is 24.7 Å². The minimum Gasteiger partial charge on any atom is -0.490 e. The van der Waals surface area contributed by atoms with Crippen LogP contribution in [-0.2, 0) is 15.3 Å².